The first-order valence-corrected chi connectivity index (χ1v) is 11.8. The van der Waals surface area contributed by atoms with Crippen LogP contribution < -0.4 is 21.1 Å². The number of nitrogens with zero attached hydrogens (tertiary/aromatic N) is 1. The summed E-state index contributed by atoms with van der Waals surface area (Å²) in [4.78, 5) is 39.9. The molecule has 0 atom stereocenters. The van der Waals surface area contributed by atoms with Gasteiger partial charge in [-0.3, -0.25) is 9.59 Å². The Morgan fingerprint density at radius 2 is 1.45 bits per heavy atom. The molecule has 190 valence electrons. The quantitative estimate of drug-likeness (QED) is 0.215. The zero-order valence-electron chi connectivity index (χ0n) is 20.4. The van der Waals surface area contributed by atoms with Crippen LogP contribution in [-0.2, 0) is 11.3 Å². The number of rotatable bonds is 7. The van der Waals surface area contributed by atoms with E-state index in [9.17, 15) is 14.4 Å². The van der Waals surface area contributed by atoms with Gasteiger partial charge >= 0.3 is 6.09 Å². The minimum Gasteiger partial charge on any atom is -0.497 e. The van der Waals surface area contributed by atoms with E-state index in [1.807, 2.05) is 60.7 Å². The van der Waals surface area contributed by atoms with Crippen molar-refractivity contribution in [3.8, 4) is 5.75 Å². The lowest BCUT2D eigenvalue weighted by Crippen LogP contribution is -2.36. The molecule has 1 aliphatic rings. The van der Waals surface area contributed by atoms with Crippen LogP contribution in [-0.4, -0.2) is 29.9 Å². The molecule has 0 aromatic heterocycles. The molecule has 0 fully saturated rings. The first-order chi connectivity index (χ1) is 18.5. The van der Waals surface area contributed by atoms with E-state index in [2.05, 4.69) is 10.6 Å². The number of hydrogen-bond acceptors (Lipinski definition) is 8. The van der Waals surface area contributed by atoms with Gasteiger partial charge in [0.25, 0.3) is 11.8 Å². The molecule has 0 saturated carbocycles. The second kappa shape index (κ2) is 10.4. The van der Waals surface area contributed by atoms with Gasteiger partial charge in [-0.2, -0.15) is 4.90 Å². The van der Waals surface area contributed by atoms with Crippen LogP contribution in [0.15, 0.2) is 91.0 Å². The van der Waals surface area contributed by atoms with Crippen LogP contribution in [0.5, 0.6) is 5.75 Å². The van der Waals surface area contributed by atoms with Crippen molar-refractivity contribution in [3.05, 3.63) is 108 Å². The molecule has 38 heavy (non-hydrogen) atoms. The molecule has 4 N–H and O–H groups in total. The van der Waals surface area contributed by atoms with Gasteiger partial charge in [-0.15, -0.1) is 0 Å². The zero-order chi connectivity index (χ0) is 26.6. The van der Waals surface area contributed by atoms with Crippen molar-refractivity contribution in [1.82, 2.24) is 4.90 Å². The van der Waals surface area contributed by atoms with E-state index in [4.69, 9.17) is 15.2 Å². The second-order valence-electron chi connectivity index (χ2n) is 8.47. The summed E-state index contributed by atoms with van der Waals surface area (Å²) < 4.78 is 10.4. The van der Waals surface area contributed by atoms with Crippen LogP contribution in [0.4, 0.5) is 33.2 Å². The maximum atomic E-state index is 13.3. The van der Waals surface area contributed by atoms with Crippen LogP contribution in [0, 0.1) is 0 Å². The molecule has 3 amide bonds. The number of nitrogens with two attached hydrogens (primary N) is 1. The predicted octanol–water partition coefficient (Wildman–Crippen LogP) is 5.70. The Kier molecular flexibility index (Phi) is 6.65. The van der Waals surface area contributed by atoms with E-state index in [1.165, 1.54) is 6.07 Å². The minimum atomic E-state index is -1.08. The Balaban J connectivity index is 1.46. The summed E-state index contributed by atoms with van der Waals surface area (Å²) in [5.41, 5.74) is 9.45. The lowest BCUT2D eigenvalue weighted by Gasteiger charge is -2.18. The lowest BCUT2D eigenvalue weighted by molar-refractivity contribution is 0.0573. The number of fused-ring (bicyclic) bond motifs is 1. The van der Waals surface area contributed by atoms with Gasteiger partial charge in [0.1, 0.15) is 12.4 Å². The third kappa shape index (κ3) is 4.72. The molecule has 1 heterocycles. The Morgan fingerprint density at radius 3 is 2.05 bits per heavy atom. The number of carbonyl (C=O) groups is 3. The monoisotopic (exact) mass is 508 g/mol. The molecule has 0 bridgehead atoms. The third-order valence-corrected chi connectivity index (χ3v) is 6.02. The molecule has 4 aromatic rings. The van der Waals surface area contributed by atoms with Crippen LogP contribution in [0.3, 0.4) is 0 Å². The van der Waals surface area contributed by atoms with Crippen LogP contribution >= 0.6 is 0 Å². The van der Waals surface area contributed by atoms with Gasteiger partial charge in [0.2, 0.25) is 0 Å². The summed E-state index contributed by atoms with van der Waals surface area (Å²) in [6.07, 6.45) is -1.08. The number of anilines is 5. The summed E-state index contributed by atoms with van der Waals surface area (Å²) in [5.74, 6) is -1.00. The maximum absolute atomic E-state index is 13.3. The van der Waals surface area contributed by atoms with Crippen molar-refractivity contribution in [2.45, 2.75) is 6.61 Å². The molecule has 0 aliphatic carbocycles. The highest BCUT2D eigenvalue weighted by atomic mass is 16.6. The molecule has 0 spiro atoms. The number of imide groups is 3. The largest absolute Gasteiger partial charge is 0.497 e. The van der Waals surface area contributed by atoms with Gasteiger partial charge < -0.3 is 25.8 Å². The number of hydrogen-bond donors (Lipinski definition) is 3. The summed E-state index contributed by atoms with van der Waals surface area (Å²) in [6.45, 7) is -0.132. The second-order valence-corrected chi connectivity index (χ2v) is 8.47. The summed E-state index contributed by atoms with van der Waals surface area (Å²) >= 11 is 0. The van der Waals surface area contributed by atoms with Crippen LogP contribution in [0.1, 0.15) is 26.3 Å². The van der Waals surface area contributed by atoms with Crippen molar-refractivity contribution in [3.63, 3.8) is 0 Å². The van der Waals surface area contributed by atoms with Gasteiger partial charge in [-0.05, 0) is 48.0 Å². The van der Waals surface area contributed by atoms with Crippen molar-refractivity contribution >= 4 is 46.3 Å². The Labute approximate surface area is 218 Å². The van der Waals surface area contributed by atoms with Gasteiger partial charge in [-0.25, -0.2) is 4.79 Å². The fourth-order valence-electron chi connectivity index (χ4n) is 4.10. The molecular formula is C29H24N4O5. The smallest absolute Gasteiger partial charge is 0.424 e. The molecule has 0 radical (unpaired) electrons. The van der Waals surface area contributed by atoms with E-state index < -0.39 is 17.9 Å². The highest BCUT2D eigenvalue weighted by Crippen LogP contribution is 2.41. The first kappa shape index (κ1) is 24.4. The van der Waals surface area contributed by atoms with Gasteiger partial charge in [0, 0.05) is 11.4 Å². The van der Waals surface area contributed by atoms with Gasteiger partial charge in [-0.1, -0.05) is 48.5 Å². The molecule has 1 aliphatic heterocycles. The van der Waals surface area contributed by atoms with Crippen LogP contribution in [0.25, 0.3) is 0 Å². The number of ether oxygens (including phenoxy) is 2. The number of nitrogen functional groups attached to an aromatic ring is 1. The first-order valence-electron chi connectivity index (χ1n) is 11.8. The molecule has 5 rings (SSSR count). The molecular weight excluding hydrogens is 484 g/mol. The van der Waals surface area contributed by atoms with Crippen molar-refractivity contribution in [2.24, 2.45) is 0 Å². The fraction of sp³-hybridized carbons (Fsp3) is 0.0690. The van der Waals surface area contributed by atoms with Crippen LogP contribution in [0.2, 0.25) is 0 Å². The number of para-hydroxylation sites is 2. The third-order valence-electron chi connectivity index (χ3n) is 6.02. The summed E-state index contributed by atoms with van der Waals surface area (Å²) in [5, 5.41) is 6.48. The van der Waals surface area contributed by atoms with E-state index >= 15 is 0 Å². The fourth-order valence-corrected chi connectivity index (χ4v) is 4.10. The number of nitrogens with one attached hydrogen (secondary N) is 2. The van der Waals surface area contributed by atoms with E-state index in [0.717, 1.165) is 11.4 Å². The minimum absolute atomic E-state index is 0.00550. The van der Waals surface area contributed by atoms with E-state index in [1.54, 1.807) is 31.4 Å². The van der Waals surface area contributed by atoms with Crippen molar-refractivity contribution < 1.29 is 23.9 Å². The Hall–Kier alpha value is -5.31. The molecule has 9 heteroatoms. The zero-order valence-corrected chi connectivity index (χ0v) is 20.4. The lowest BCUT2D eigenvalue weighted by atomic mass is 10.0. The van der Waals surface area contributed by atoms with Crippen molar-refractivity contribution in [2.75, 3.05) is 23.5 Å². The summed E-state index contributed by atoms with van der Waals surface area (Å²) in [7, 11) is 1.55. The topological polar surface area (TPSA) is 123 Å². The van der Waals surface area contributed by atoms with Gasteiger partial charge in [0.15, 0.2) is 0 Å². The standard InChI is InChI=1S/C29H24N4O5/c1-37-21-14-12-18(13-15-21)17-38-29(36)33-27(34)22-16-23(31-19-8-4-2-5-9-19)26(25(30)24(22)28(33)35)32-20-10-6-3-7-11-20/h2-16,31-32H,17,30H2,1H3. The molecule has 0 unspecified atom stereocenters. The molecule has 9 nitrogen and oxygen atoms in total. The van der Waals surface area contributed by atoms with E-state index in [0.29, 0.717) is 27.6 Å². The maximum Gasteiger partial charge on any atom is 0.424 e. The summed E-state index contributed by atoms with van der Waals surface area (Å²) in [6, 6.07) is 26.9. The Morgan fingerprint density at radius 1 is 0.842 bits per heavy atom. The predicted molar refractivity (Wildman–Crippen MR) is 144 cm³/mol. The normalized spacial score (nSPS) is 12.2. The SMILES string of the molecule is COc1ccc(COC(=O)N2C(=O)c3cc(Nc4ccccc4)c(Nc4ccccc4)c(N)c3C2=O)cc1. The van der Waals surface area contributed by atoms with E-state index in [-0.39, 0.29) is 23.4 Å². The number of methoxy groups -OCH3 is 1. The van der Waals surface area contributed by atoms with Gasteiger partial charge in [0.05, 0.1) is 35.3 Å². The highest BCUT2D eigenvalue weighted by molar-refractivity contribution is 6.31. The Bertz CT molecular complexity index is 1510. The molecule has 4 aromatic carbocycles. The highest BCUT2D eigenvalue weighted by Gasteiger charge is 2.44. The number of benzene rings is 4. The molecule has 0 saturated heterocycles. The average Bonchev–Trinajstić information content (AvgIpc) is 3.20. The number of amides is 3. The van der Waals surface area contributed by atoms with Crippen molar-refractivity contribution in [1.29, 1.82) is 0 Å². The average molecular weight is 509 g/mol. The number of carbonyl (C=O) groups excluding carboxylic acids is 3.